The predicted octanol–water partition coefficient (Wildman–Crippen LogP) is 3.90. The first kappa shape index (κ1) is 11.2. The minimum Gasteiger partial charge on any atom is -0.435 e. The first-order valence-electron chi connectivity index (χ1n) is 4.05. The molecule has 1 radical (unpaired) electrons. The van der Waals surface area contributed by atoms with Gasteiger partial charge in [-0.2, -0.15) is 8.78 Å². The SMILES string of the molecule is C[C](C)c1cc(Cl)cc(OC(F)F)c1. The quantitative estimate of drug-likeness (QED) is 0.749. The highest BCUT2D eigenvalue weighted by Crippen LogP contribution is 2.26. The Morgan fingerprint density at radius 2 is 1.93 bits per heavy atom. The van der Waals surface area contributed by atoms with Crippen molar-refractivity contribution in [2.45, 2.75) is 20.5 Å². The second-order valence-electron chi connectivity index (χ2n) is 3.05. The van der Waals surface area contributed by atoms with Crippen molar-refractivity contribution in [3.63, 3.8) is 0 Å². The third-order valence-electron chi connectivity index (χ3n) is 1.67. The summed E-state index contributed by atoms with van der Waals surface area (Å²) in [5.74, 6) is 1.08. The number of ether oxygens (including phenoxy) is 1. The molecule has 4 heteroatoms. The van der Waals surface area contributed by atoms with E-state index in [1.54, 1.807) is 6.07 Å². The van der Waals surface area contributed by atoms with Gasteiger partial charge < -0.3 is 4.74 Å². The molecule has 0 heterocycles. The van der Waals surface area contributed by atoms with Crippen LogP contribution in [0, 0.1) is 5.92 Å². The lowest BCUT2D eigenvalue weighted by molar-refractivity contribution is -0.0498. The van der Waals surface area contributed by atoms with E-state index in [0.717, 1.165) is 11.5 Å². The van der Waals surface area contributed by atoms with Crippen LogP contribution < -0.4 is 4.74 Å². The zero-order chi connectivity index (χ0) is 10.7. The van der Waals surface area contributed by atoms with E-state index < -0.39 is 6.61 Å². The Kier molecular flexibility index (Phi) is 3.69. The number of alkyl halides is 2. The van der Waals surface area contributed by atoms with Crippen LogP contribution in [0.4, 0.5) is 8.78 Å². The average Bonchev–Trinajstić information content (AvgIpc) is 2.01. The lowest BCUT2D eigenvalue weighted by Gasteiger charge is -2.09. The first-order valence-corrected chi connectivity index (χ1v) is 4.43. The second-order valence-corrected chi connectivity index (χ2v) is 3.49. The molecule has 0 N–H and O–H groups in total. The first-order chi connectivity index (χ1) is 6.49. The van der Waals surface area contributed by atoms with Gasteiger partial charge in [0.05, 0.1) is 0 Å². The largest absolute Gasteiger partial charge is 0.435 e. The van der Waals surface area contributed by atoms with Gasteiger partial charge in [0.15, 0.2) is 0 Å². The van der Waals surface area contributed by atoms with E-state index in [9.17, 15) is 8.78 Å². The van der Waals surface area contributed by atoms with E-state index in [1.807, 2.05) is 13.8 Å². The summed E-state index contributed by atoms with van der Waals surface area (Å²) in [5.41, 5.74) is 0.799. The third-order valence-corrected chi connectivity index (χ3v) is 1.89. The molecule has 0 saturated heterocycles. The summed E-state index contributed by atoms with van der Waals surface area (Å²) in [6.45, 7) is 0.925. The molecule has 0 aliphatic rings. The minimum absolute atomic E-state index is 0.0868. The maximum atomic E-state index is 11.9. The van der Waals surface area contributed by atoms with Gasteiger partial charge in [-0.1, -0.05) is 25.4 Å². The molecule has 0 saturated carbocycles. The highest BCUT2D eigenvalue weighted by Gasteiger charge is 2.08. The monoisotopic (exact) mass is 219 g/mol. The smallest absolute Gasteiger partial charge is 0.387 e. The molecule has 1 nitrogen and oxygen atoms in total. The van der Waals surface area contributed by atoms with Crippen molar-refractivity contribution in [2.75, 3.05) is 0 Å². The van der Waals surface area contributed by atoms with Crippen molar-refractivity contribution >= 4 is 11.6 Å². The van der Waals surface area contributed by atoms with Crippen LogP contribution in [0.5, 0.6) is 5.75 Å². The Bertz CT molecular complexity index is 313. The summed E-state index contributed by atoms with van der Waals surface area (Å²) in [4.78, 5) is 0. The Morgan fingerprint density at radius 1 is 1.29 bits per heavy atom. The Balaban J connectivity index is 2.95. The maximum Gasteiger partial charge on any atom is 0.387 e. The molecule has 0 atom stereocenters. The summed E-state index contributed by atoms with van der Waals surface area (Å²) in [6, 6.07) is 4.60. The fraction of sp³-hybridized carbons (Fsp3) is 0.300. The van der Waals surface area contributed by atoms with Crippen LogP contribution in [0.15, 0.2) is 18.2 Å². The summed E-state index contributed by atoms with van der Waals surface area (Å²) < 4.78 is 28.1. The lowest BCUT2D eigenvalue weighted by Crippen LogP contribution is -2.02. The molecule has 1 rings (SSSR count). The van der Waals surface area contributed by atoms with Crippen LogP contribution in [0.2, 0.25) is 5.02 Å². The Morgan fingerprint density at radius 3 is 2.43 bits per heavy atom. The Hall–Kier alpha value is -0.830. The van der Waals surface area contributed by atoms with Gasteiger partial charge in [0.25, 0.3) is 0 Å². The fourth-order valence-corrected chi connectivity index (χ4v) is 1.25. The molecule has 1 aromatic rings. The third kappa shape index (κ3) is 3.14. The normalized spacial score (nSPS) is 11.1. The van der Waals surface area contributed by atoms with E-state index >= 15 is 0 Å². The van der Waals surface area contributed by atoms with Gasteiger partial charge in [-0.15, -0.1) is 0 Å². The predicted molar refractivity (Wildman–Crippen MR) is 51.8 cm³/mol. The van der Waals surface area contributed by atoms with Crippen LogP contribution in [-0.4, -0.2) is 6.61 Å². The zero-order valence-corrected chi connectivity index (χ0v) is 8.61. The highest BCUT2D eigenvalue weighted by molar-refractivity contribution is 6.30. The van der Waals surface area contributed by atoms with Crippen LogP contribution >= 0.6 is 11.6 Å². The second kappa shape index (κ2) is 4.60. The number of rotatable bonds is 3. The van der Waals surface area contributed by atoms with Gasteiger partial charge in [0.2, 0.25) is 0 Å². The molecular weight excluding hydrogens is 210 g/mol. The van der Waals surface area contributed by atoms with Crippen LogP contribution in [0.3, 0.4) is 0 Å². The zero-order valence-electron chi connectivity index (χ0n) is 7.85. The van der Waals surface area contributed by atoms with Gasteiger partial charge in [-0.3, -0.25) is 0 Å². The van der Waals surface area contributed by atoms with Crippen molar-refractivity contribution in [1.82, 2.24) is 0 Å². The van der Waals surface area contributed by atoms with Crippen molar-refractivity contribution in [2.24, 2.45) is 0 Å². The summed E-state index contributed by atoms with van der Waals surface area (Å²) in [7, 11) is 0. The molecule has 0 fully saturated rings. The number of benzene rings is 1. The van der Waals surface area contributed by atoms with Crippen molar-refractivity contribution in [1.29, 1.82) is 0 Å². The molecule has 0 aromatic heterocycles. The van der Waals surface area contributed by atoms with Gasteiger partial charge >= 0.3 is 6.61 Å². The van der Waals surface area contributed by atoms with Gasteiger partial charge in [-0.05, 0) is 29.7 Å². The molecule has 0 aliphatic carbocycles. The van der Waals surface area contributed by atoms with Gasteiger partial charge in [0.1, 0.15) is 5.75 Å². The summed E-state index contributed by atoms with van der Waals surface area (Å²) in [5, 5.41) is 0.388. The summed E-state index contributed by atoms with van der Waals surface area (Å²) >= 11 is 5.74. The lowest BCUT2D eigenvalue weighted by atomic mass is 10.0. The minimum atomic E-state index is -2.82. The van der Waals surface area contributed by atoms with Crippen LogP contribution in [0.25, 0.3) is 0 Å². The molecule has 0 aliphatic heterocycles. The molecule has 0 bridgehead atoms. The molecular formula is C10H10ClF2O. The molecule has 0 spiro atoms. The average molecular weight is 220 g/mol. The van der Waals surface area contributed by atoms with E-state index in [0.29, 0.717) is 5.02 Å². The standard InChI is InChI=1S/C10H10ClF2O/c1-6(2)7-3-8(11)5-9(4-7)14-10(12)13/h3-5,10H,1-2H3. The van der Waals surface area contributed by atoms with Crippen LogP contribution in [0.1, 0.15) is 19.4 Å². The molecule has 0 unspecified atom stereocenters. The van der Waals surface area contributed by atoms with Crippen LogP contribution in [-0.2, 0) is 0 Å². The van der Waals surface area contributed by atoms with E-state index in [-0.39, 0.29) is 5.75 Å². The molecule has 14 heavy (non-hydrogen) atoms. The summed E-state index contributed by atoms with van der Waals surface area (Å²) in [6.07, 6.45) is 0. The van der Waals surface area contributed by atoms with E-state index in [2.05, 4.69) is 4.74 Å². The van der Waals surface area contributed by atoms with Crippen molar-refractivity contribution in [3.05, 3.63) is 34.7 Å². The van der Waals surface area contributed by atoms with Gasteiger partial charge in [0, 0.05) is 5.02 Å². The number of hydrogen-bond acceptors (Lipinski definition) is 1. The topological polar surface area (TPSA) is 9.23 Å². The van der Waals surface area contributed by atoms with E-state index in [1.165, 1.54) is 12.1 Å². The number of hydrogen-bond donors (Lipinski definition) is 0. The Labute approximate surface area is 86.6 Å². The molecule has 77 valence electrons. The maximum absolute atomic E-state index is 11.9. The fourth-order valence-electron chi connectivity index (χ4n) is 1.02. The molecule has 1 aromatic carbocycles. The van der Waals surface area contributed by atoms with E-state index in [4.69, 9.17) is 11.6 Å². The van der Waals surface area contributed by atoms with Crippen molar-refractivity contribution < 1.29 is 13.5 Å². The van der Waals surface area contributed by atoms with Gasteiger partial charge in [-0.25, -0.2) is 0 Å². The van der Waals surface area contributed by atoms with Crippen molar-refractivity contribution in [3.8, 4) is 5.75 Å². The number of halogens is 3. The highest BCUT2D eigenvalue weighted by atomic mass is 35.5. The molecule has 0 amide bonds.